The van der Waals surface area contributed by atoms with Gasteiger partial charge in [0.05, 0.1) is 7.11 Å². The van der Waals surface area contributed by atoms with Gasteiger partial charge in [0.2, 0.25) is 5.89 Å². The summed E-state index contributed by atoms with van der Waals surface area (Å²) in [6.07, 6.45) is 0. The number of sulfone groups is 1. The number of aromatic nitrogens is 1. The Balaban J connectivity index is 2.23. The maximum Gasteiger partial charge on any atom is 0.320 e. The van der Waals surface area contributed by atoms with Gasteiger partial charge in [-0.05, 0) is 18.2 Å². The number of rotatable bonds is 4. The first-order valence-electron chi connectivity index (χ1n) is 5.32. The molecule has 0 amide bonds. The van der Waals surface area contributed by atoms with Gasteiger partial charge in [-0.3, -0.25) is 4.79 Å². The molecule has 0 aliphatic carbocycles. The number of nitrogens with zero attached hydrogens (tertiary/aromatic N) is 1. The predicted molar refractivity (Wildman–Crippen MR) is 67.9 cm³/mol. The van der Waals surface area contributed by atoms with E-state index in [1.807, 2.05) is 0 Å². The van der Waals surface area contributed by atoms with Crippen molar-refractivity contribution in [3.63, 3.8) is 0 Å². The molecule has 0 unspecified atom stereocenters. The third-order valence-electron chi connectivity index (χ3n) is 2.36. The van der Waals surface area contributed by atoms with Gasteiger partial charge in [0, 0.05) is 5.69 Å². The third kappa shape index (κ3) is 3.22. The van der Waals surface area contributed by atoms with Crippen LogP contribution in [0, 0.1) is 0 Å². The number of hydrogen-bond donors (Lipinski definition) is 1. The van der Waals surface area contributed by atoms with Gasteiger partial charge in [-0.2, -0.15) is 0 Å². The average molecular weight is 284 g/mol. The van der Waals surface area contributed by atoms with Crippen LogP contribution < -0.4 is 5.73 Å². The maximum atomic E-state index is 11.7. The summed E-state index contributed by atoms with van der Waals surface area (Å²) in [5, 5.41) is 0. The Hall–Kier alpha value is -2.09. The number of carbonyl (C=O) groups excluding carboxylic acids is 1. The Bertz CT molecular complexity index is 720. The second-order valence-electron chi connectivity index (χ2n) is 3.94. The van der Waals surface area contributed by atoms with Crippen LogP contribution in [0.2, 0.25) is 0 Å². The lowest BCUT2D eigenvalue weighted by atomic mass is 10.3. The lowest BCUT2D eigenvalue weighted by molar-refractivity contribution is -0.137. The van der Waals surface area contributed by atoms with Gasteiger partial charge in [-0.1, -0.05) is 0 Å². The molecule has 1 aromatic heterocycles. The van der Waals surface area contributed by atoms with Gasteiger partial charge in [0.25, 0.3) is 0 Å². The van der Waals surface area contributed by atoms with Crippen LogP contribution in [0.3, 0.4) is 0 Å². The normalized spacial score (nSPS) is 11.6. The largest absolute Gasteiger partial charge is 0.468 e. The van der Waals surface area contributed by atoms with Gasteiger partial charge in [-0.15, -0.1) is 0 Å². The second kappa shape index (κ2) is 4.88. The van der Waals surface area contributed by atoms with E-state index in [1.54, 1.807) is 18.2 Å². The van der Waals surface area contributed by atoms with Crippen LogP contribution in [0.5, 0.6) is 0 Å². The summed E-state index contributed by atoms with van der Waals surface area (Å²) in [5.74, 6) is -1.97. The topological polar surface area (TPSA) is 112 Å². The second-order valence-corrected chi connectivity index (χ2v) is 6.01. The summed E-state index contributed by atoms with van der Waals surface area (Å²) >= 11 is 0. The van der Waals surface area contributed by atoms with Crippen LogP contribution in [0.4, 0.5) is 5.69 Å². The molecule has 102 valence electrons. The zero-order valence-corrected chi connectivity index (χ0v) is 10.9. The van der Waals surface area contributed by atoms with Crippen molar-refractivity contribution in [1.29, 1.82) is 0 Å². The molecule has 0 saturated heterocycles. The zero-order valence-electron chi connectivity index (χ0n) is 10.1. The number of hydrogen-bond acceptors (Lipinski definition) is 7. The number of carbonyl (C=O) groups is 1. The summed E-state index contributed by atoms with van der Waals surface area (Å²) in [4.78, 5) is 15.0. The lowest BCUT2D eigenvalue weighted by Crippen LogP contribution is -2.18. The molecule has 2 aromatic rings. The van der Waals surface area contributed by atoms with Crippen LogP contribution in [-0.2, 0) is 25.1 Å². The van der Waals surface area contributed by atoms with Crippen LogP contribution >= 0.6 is 0 Å². The minimum atomic E-state index is -3.67. The van der Waals surface area contributed by atoms with E-state index in [0.717, 1.165) is 7.11 Å². The van der Waals surface area contributed by atoms with Crippen molar-refractivity contribution < 1.29 is 22.4 Å². The van der Waals surface area contributed by atoms with E-state index in [0.29, 0.717) is 16.8 Å². The summed E-state index contributed by atoms with van der Waals surface area (Å²) in [5.41, 5.74) is 7.00. The minimum absolute atomic E-state index is 0.0181. The van der Waals surface area contributed by atoms with Gasteiger partial charge in [-0.25, -0.2) is 13.4 Å². The van der Waals surface area contributed by atoms with Crippen LogP contribution in [0.15, 0.2) is 22.6 Å². The van der Waals surface area contributed by atoms with E-state index in [-0.39, 0.29) is 5.89 Å². The van der Waals surface area contributed by atoms with Gasteiger partial charge < -0.3 is 14.9 Å². The van der Waals surface area contributed by atoms with Crippen molar-refractivity contribution in [3.05, 3.63) is 24.1 Å². The molecule has 7 nitrogen and oxygen atoms in total. The van der Waals surface area contributed by atoms with Crippen LogP contribution in [0.1, 0.15) is 5.89 Å². The van der Waals surface area contributed by atoms with Crippen molar-refractivity contribution in [1.82, 2.24) is 4.98 Å². The van der Waals surface area contributed by atoms with Gasteiger partial charge in [0.15, 0.2) is 15.4 Å². The molecular formula is C11H12N2O5S. The van der Waals surface area contributed by atoms with E-state index < -0.39 is 27.3 Å². The molecule has 0 saturated carbocycles. The number of esters is 1. The van der Waals surface area contributed by atoms with E-state index >= 15 is 0 Å². The van der Waals surface area contributed by atoms with Crippen LogP contribution in [0.25, 0.3) is 11.1 Å². The molecule has 0 atom stereocenters. The Morgan fingerprint density at radius 3 is 2.89 bits per heavy atom. The van der Waals surface area contributed by atoms with E-state index in [9.17, 15) is 13.2 Å². The van der Waals surface area contributed by atoms with Crippen molar-refractivity contribution in [2.24, 2.45) is 0 Å². The molecule has 8 heteroatoms. The van der Waals surface area contributed by atoms with E-state index in [4.69, 9.17) is 10.2 Å². The summed E-state index contributed by atoms with van der Waals surface area (Å²) in [7, 11) is -2.54. The van der Waals surface area contributed by atoms with Crippen molar-refractivity contribution in [3.8, 4) is 0 Å². The molecule has 1 heterocycles. The highest BCUT2D eigenvalue weighted by Gasteiger charge is 2.21. The summed E-state index contributed by atoms with van der Waals surface area (Å²) in [6.45, 7) is 0. The van der Waals surface area contributed by atoms with Crippen molar-refractivity contribution >= 4 is 32.6 Å². The molecule has 2 N–H and O–H groups in total. The number of nitrogen functional groups attached to an aromatic ring is 1. The molecule has 0 fully saturated rings. The molecule has 19 heavy (non-hydrogen) atoms. The fourth-order valence-corrected chi connectivity index (χ4v) is 2.61. The van der Waals surface area contributed by atoms with E-state index in [1.165, 1.54) is 0 Å². The summed E-state index contributed by atoms with van der Waals surface area (Å²) in [6, 6.07) is 4.81. The minimum Gasteiger partial charge on any atom is -0.468 e. The summed E-state index contributed by atoms with van der Waals surface area (Å²) < 4.78 is 33.0. The highest BCUT2D eigenvalue weighted by molar-refractivity contribution is 7.91. The molecule has 2 rings (SSSR count). The fourth-order valence-electron chi connectivity index (χ4n) is 1.53. The number of oxazole rings is 1. The van der Waals surface area contributed by atoms with Crippen molar-refractivity contribution in [2.45, 2.75) is 5.75 Å². The predicted octanol–water partition coefficient (Wildman–Crippen LogP) is 0.498. The first-order valence-corrected chi connectivity index (χ1v) is 7.14. The standard InChI is InChI=1S/C11H12N2O5S/c1-17-11(14)6-19(15,16)5-10-13-8-4-7(12)2-3-9(8)18-10/h2-4H,5-6,12H2,1H3. The number of ether oxygens (including phenoxy) is 1. The Kier molecular flexibility index (Phi) is 3.43. The number of benzene rings is 1. The first kappa shape index (κ1) is 13.3. The Morgan fingerprint density at radius 2 is 2.21 bits per heavy atom. The van der Waals surface area contributed by atoms with Gasteiger partial charge >= 0.3 is 5.97 Å². The number of methoxy groups -OCH3 is 1. The van der Waals surface area contributed by atoms with E-state index in [2.05, 4.69) is 9.72 Å². The fraction of sp³-hybridized carbons (Fsp3) is 0.273. The molecule has 0 spiro atoms. The quantitative estimate of drug-likeness (QED) is 0.642. The molecule has 0 aliphatic rings. The SMILES string of the molecule is COC(=O)CS(=O)(=O)Cc1nc2cc(N)ccc2o1. The number of fused-ring (bicyclic) bond motifs is 1. The highest BCUT2D eigenvalue weighted by atomic mass is 32.2. The van der Waals surface area contributed by atoms with Crippen molar-refractivity contribution in [2.75, 3.05) is 18.6 Å². The smallest absolute Gasteiger partial charge is 0.320 e. The zero-order chi connectivity index (χ0) is 14.0. The Labute approximate surface area is 109 Å². The maximum absolute atomic E-state index is 11.7. The molecular weight excluding hydrogens is 272 g/mol. The molecule has 0 bridgehead atoms. The highest BCUT2D eigenvalue weighted by Crippen LogP contribution is 2.19. The Morgan fingerprint density at radius 1 is 1.47 bits per heavy atom. The monoisotopic (exact) mass is 284 g/mol. The molecule has 1 aromatic carbocycles. The average Bonchev–Trinajstić information content (AvgIpc) is 2.68. The molecule has 0 radical (unpaired) electrons. The lowest BCUT2D eigenvalue weighted by Gasteiger charge is -1.99. The third-order valence-corrected chi connectivity index (χ3v) is 3.73. The number of anilines is 1. The first-order chi connectivity index (χ1) is 8.89. The van der Waals surface area contributed by atoms with Crippen LogP contribution in [-0.4, -0.2) is 32.2 Å². The molecule has 0 aliphatic heterocycles. The van der Waals surface area contributed by atoms with Gasteiger partial charge in [0.1, 0.15) is 17.0 Å². The number of nitrogens with two attached hydrogens (primary N) is 1.